The Bertz CT molecular complexity index is 2250. The second kappa shape index (κ2) is 11.9. The first-order chi connectivity index (χ1) is 22.0. The zero-order chi connectivity index (χ0) is 30.9. The lowest BCUT2D eigenvalue weighted by Crippen LogP contribution is -2.40. The van der Waals surface area contributed by atoms with Crippen molar-refractivity contribution in [2.45, 2.75) is 19.5 Å². The first kappa shape index (κ1) is 28.3. The number of hydrogen-bond donors (Lipinski definition) is 1. The Labute approximate surface area is 263 Å². The fourth-order valence-electron chi connectivity index (χ4n) is 5.88. The summed E-state index contributed by atoms with van der Waals surface area (Å²) in [5.41, 5.74) is 5.48. The van der Waals surface area contributed by atoms with Crippen molar-refractivity contribution in [3.05, 3.63) is 163 Å². The van der Waals surface area contributed by atoms with E-state index in [1.807, 2.05) is 97.9 Å². The minimum absolute atomic E-state index is 0.197. The predicted octanol–water partition coefficient (Wildman–Crippen LogP) is 5.89. The summed E-state index contributed by atoms with van der Waals surface area (Å²) in [6.07, 6.45) is 4.04. The molecule has 0 fully saturated rings. The molecule has 7 nitrogen and oxygen atoms in total. The fraction of sp³-hybridized carbons (Fsp3) is 0.108. The van der Waals surface area contributed by atoms with E-state index in [9.17, 15) is 9.59 Å². The van der Waals surface area contributed by atoms with Crippen LogP contribution in [0.5, 0.6) is 5.75 Å². The zero-order valence-corrected chi connectivity index (χ0v) is 25.6. The lowest BCUT2D eigenvalue weighted by atomic mass is 9.95. The largest absolute Gasteiger partial charge is 0.497 e. The second-order valence-electron chi connectivity index (χ2n) is 10.9. The number of para-hydroxylation sites is 2. The smallest absolute Gasteiger partial charge is 0.271 e. The Hall–Kier alpha value is -5.47. The predicted molar refractivity (Wildman–Crippen MR) is 179 cm³/mol. The molecule has 0 unspecified atom stereocenters. The summed E-state index contributed by atoms with van der Waals surface area (Å²) >= 11 is 1.33. The molecular formula is C37H30N4O3S. The summed E-state index contributed by atoms with van der Waals surface area (Å²) in [5.74, 6) is 0.385. The van der Waals surface area contributed by atoms with Crippen molar-refractivity contribution in [2.24, 2.45) is 4.99 Å². The van der Waals surface area contributed by atoms with E-state index in [1.54, 1.807) is 11.7 Å². The topological polar surface area (TPSA) is 77.6 Å². The molecule has 45 heavy (non-hydrogen) atoms. The summed E-state index contributed by atoms with van der Waals surface area (Å²) in [6, 6.07) is 34.6. The monoisotopic (exact) mass is 610 g/mol. The highest BCUT2D eigenvalue weighted by Gasteiger charge is 2.32. The van der Waals surface area contributed by atoms with Gasteiger partial charge in [0.2, 0.25) is 0 Å². The Morgan fingerprint density at radius 2 is 1.62 bits per heavy atom. The van der Waals surface area contributed by atoms with Gasteiger partial charge in [-0.1, -0.05) is 90.2 Å². The van der Waals surface area contributed by atoms with E-state index in [0.29, 0.717) is 38.6 Å². The van der Waals surface area contributed by atoms with Crippen molar-refractivity contribution in [3.63, 3.8) is 0 Å². The van der Waals surface area contributed by atoms with Crippen LogP contribution in [0.2, 0.25) is 0 Å². The van der Waals surface area contributed by atoms with Crippen molar-refractivity contribution in [1.29, 1.82) is 0 Å². The van der Waals surface area contributed by atoms with Crippen LogP contribution in [0, 0.1) is 0 Å². The van der Waals surface area contributed by atoms with E-state index in [-0.39, 0.29) is 11.5 Å². The minimum Gasteiger partial charge on any atom is -0.497 e. The van der Waals surface area contributed by atoms with Gasteiger partial charge in [0, 0.05) is 34.9 Å². The highest BCUT2D eigenvalue weighted by molar-refractivity contribution is 7.07. The SMILES string of the molecule is COc1ccc([C@@H]2C(C(=O)Nc3ccccc3)=C(C)N=c3s/c(=C/c4cn(Cc5ccccc5)c5ccccc45)c(=O)n32)cc1. The van der Waals surface area contributed by atoms with Crippen LogP contribution in [0.25, 0.3) is 17.0 Å². The lowest BCUT2D eigenvalue weighted by molar-refractivity contribution is -0.113. The molecule has 3 heterocycles. The van der Waals surface area contributed by atoms with Crippen molar-refractivity contribution < 1.29 is 9.53 Å². The first-order valence-corrected chi connectivity index (χ1v) is 15.5. The second-order valence-corrected chi connectivity index (χ2v) is 11.9. The van der Waals surface area contributed by atoms with Gasteiger partial charge in [-0.05, 0) is 54.5 Å². The number of allylic oxidation sites excluding steroid dienone is 1. The van der Waals surface area contributed by atoms with Gasteiger partial charge in [0.1, 0.15) is 5.75 Å². The summed E-state index contributed by atoms with van der Waals surface area (Å²) in [6.45, 7) is 2.54. The maximum absolute atomic E-state index is 14.3. The Kier molecular flexibility index (Phi) is 7.49. The van der Waals surface area contributed by atoms with Crippen LogP contribution < -0.4 is 24.9 Å². The van der Waals surface area contributed by atoms with Crippen molar-refractivity contribution >= 4 is 39.9 Å². The molecule has 7 rings (SSSR count). The van der Waals surface area contributed by atoms with Crippen molar-refractivity contribution in [2.75, 3.05) is 12.4 Å². The number of hydrogen-bond acceptors (Lipinski definition) is 5. The van der Waals surface area contributed by atoms with E-state index in [0.717, 1.165) is 22.0 Å². The quantitative estimate of drug-likeness (QED) is 0.245. The number of nitrogens with one attached hydrogen (secondary N) is 1. The number of benzene rings is 4. The Morgan fingerprint density at radius 1 is 0.933 bits per heavy atom. The highest BCUT2D eigenvalue weighted by Crippen LogP contribution is 2.32. The molecule has 6 aromatic rings. The molecule has 1 N–H and O–H groups in total. The van der Waals surface area contributed by atoms with E-state index < -0.39 is 6.04 Å². The van der Waals surface area contributed by atoms with Crippen LogP contribution in [0.15, 0.2) is 136 Å². The van der Waals surface area contributed by atoms with Gasteiger partial charge in [-0.25, -0.2) is 4.99 Å². The molecule has 4 aromatic carbocycles. The summed E-state index contributed by atoms with van der Waals surface area (Å²) < 4.78 is 9.79. The summed E-state index contributed by atoms with van der Waals surface area (Å²) in [5, 5.41) is 4.06. The molecule has 0 radical (unpaired) electrons. The molecular weight excluding hydrogens is 580 g/mol. The first-order valence-electron chi connectivity index (χ1n) is 14.6. The molecule has 0 saturated heterocycles. The molecule has 1 aliphatic rings. The third-order valence-electron chi connectivity index (χ3n) is 8.03. The maximum atomic E-state index is 14.3. The Morgan fingerprint density at radius 3 is 2.36 bits per heavy atom. The number of carbonyl (C=O) groups is 1. The molecule has 0 bridgehead atoms. The molecule has 222 valence electrons. The number of thiazole rings is 1. The number of methoxy groups -OCH3 is 1. The number of fused-ring (bicyclic) bond motifs is 2. The number of aromatic nitrogens is 2. The zero-order valence-electron chi connectivity index (χ0n) is 24.8. The van der Waals surface area contributed by atoms with E-state index >= 15 is 0 Å². The third-order valence-corrected chi connectivity index (χ3v) is 9.01. The Balaban J connectivity index is 1.36. The molecule has 0 spiro atoms. The standard InChI is InChI=1S/C37H30N4O3S/c1-24-33(35(42)39-28-13-7-4-8-14-28)34(26-17-19-29(44-2)20-18-26)41-36(43)32(45-37(41)38-24)21-27-23-40(22-25-11-5-3-6-12-25)31-16-10-9-15-30(27)31/h3-21,23,34H,22H2,1-2H3,(H,39,42)/b32-21+/t34-/m1/s1. The van der Waals surface area contributed by atoms with Gasteiger partial charge in [-0.15, -0.1) is 0 Å². The van der Waals surface area contributed by atoms with Gasteiger partial charge in [0.05, 0.1) is 29.0 Å². The minimum atomic E-state index is -0.669. The molecule has 0 aliphatic carbocycles. The van der Waals surface area contributed by atoms with Gasteiger partial charge in [-0.3, -0.25) is 14.2 Å². The third kappa shape index (κ3) is 5.41. The normalized spacial score (nSPS) is 14.7. The van der Waals surface area contributed by atoms with Crippen LogP contribution in [0.3, 0.4) is 0 Å². The molecule has 8 heteroatoms. The number of amides is 1. The van der Waals surface area contributed by atoms with Crippen LogP contribution in [-0.2, 0) is 11.3 Å². The van der Waals surface area contributed by atoms with Gasteiger partial charge in [0.15, 0.2) is 4.80 Å². The highest BCUT2D eigenvalue weighted by atomic mass is 32.1. The average Bonchev–Trinajstić information content (AvgIpc) is 3.57. The van der Waals surface area contributed by atoms with Gasteiger partial charge < -0.3 is 14.6 Å². The number of rotatable bonds is 7. The van der Waals surface area contributed by atoms with Crippen molar-refractivity contribution in [1.82, 2.24) is 9.13 Å². The van der Waals surface area contributed by atoms with Gasteiger partial charge >= 0.3 is 0 Å². The number of nitrogens with zero attached hydrogens (tertiary/aromatic N) is 3. The van der Waals surface area contributed by atoms with E-state index in [2.05, 4.69) is 40.3 Å². The molecule has 1 atom stereocenters. The van der Waals surface area contributed by atoms with Crippen LogP contribution in [0.4, 0.5) is 5.69 Å². The molecule has 0 saturated carbocycles. The van der Waals surface area contributed by atoms with Crippen molar-refractivity contribution in [3.8, 4) is 5.75 Å². The molecule has 1 amide bonds. The average molecular weight is 611 g/mol. The number of ether oxygens (including phenoxy) is 1. The van der Waals surface area contributed by atoms with E-state index in [4.69, 9.17) is 9.73 Å². The molecule has 1 aliphatic heterocycles. The van der Waals surface area contributed by atoms with Crippen LogP contribution >= 0.6 is 11.3 Å². The number of anilines is 1. The fourth-order valence-corrected chi connectivity index (χ4v) is 6.91. The maximum Gasteiger partial charge on any atom is 0.271 e. The van der Waals surface area contributed by atoms with Gasteiger partial charge in [-0.2, -0.15) is 0 Å². The van der Waals surface area contributed by atoms with Crippen LogP contribution in [0.1, 0.15) is 29.7 Å². The van der Waals surface area contributed by atoms with Crippen LogP contribution in [-0.4, -0.2) is 22.2 Å². The lowest BCUT2D eigenvalue weighted by Gasteiger charge is -2.25. The number of carbonyl (C=O) groups excluding carboxylic acids is 1. The molecule has 2 aromatic heterocycles. The van der Waals surface area contributed by atoms with E-state index in [1.165, 1.54) is 16.9 Å². The summed E-state index contributed by atoms with van der Waals surface area (Å²) in [4.78, 5) is 33.5. The summed E-state index contributed by atoms with van der Waals surface area (Å²) in [7, 11) is 1.61. The van der Waals surface area contributed by atoms with Gasteiger partial charge in [0.25, 0.3) is 11.5 Å².